The van der Waals surface area contributed by atoms with E-state index in [2.05, 4.69) is 38.5 Å². The summed E-state index contributed by atoms with van der Waals surface area (Å²) in [5, 5.41) is 0. The maximum atomic E-state index is 12.3. The summed E-state index contributed by atoms with van der Waals surface area (Å²) in [4.78, 5) is 26.0. The lowest BCUT2D eigenvalue weighted by Crippen LogP contribution is -2.29. The van der Waals surface area contributed by atoms with E-state index >= 15 is 0 Å². The molecule has 0 aromatic heterocycles. The first-order valence-electron chi connectivity index (χ1n) is 6.38. The summed E-state index contributed by atoms with van der Waals surface area (Å²) in [5.41, 5.74) is 3.14. The maximum Gasteiger partial charge on any atom is 0.299 e. The summed E-state index contributed by atoms with van der Waals surface area (Å²) in [6.45, 7) is 2.33. The van der Waals surface area contributed by atoms with Crippen LogP contribution in [0.25, 0.3) is 0 Å². The highest BCUT2D eigenvalue weighted by Crippen LogP contribution is 2.35. The predicted molar refractivity (Wildman–Crippen MR) is 93.6 cm³/mol. The molecule has 1 aliphatic rings. The number of halogens is 2. The second-order valence-electron chi connectivity index (χ2n) is 4.97. The van der Waals surface area contributed by atoms with Crippen molar-refractivity contribution in [3.8, 4) is 0 Å². The molecule has 0 atom stereocenters. The van der Waals surface area contributed by atoms with E-state index in [1.54, 1.807) is 11.0 Å². The van der Waals surface area contributed by atoms with Gasteiger partial charge in [0.25, 0.3) is 11.7 Å². The van der Waals surface area contributed by atoms with Gasteiger partial charge in [0.2, 0.25) is 0 Å². The summed E-state index contributed by atoms with van der Waals surface area (Å²) in [7, 11) is 0. The third-order valence-electron chi connectivity index (χ3n) is 3.47. The van der Waals surface area contributed by atoms with Gasteiger partial charge in [-0.1, -0.05) is 28.1 Å². The van der Waals surface area contributed by atoms with Gasteiger partial charge in [-0.25, -0.2) is 0 Å². The zero-order valence-corrected chi connectivity index (χ0v) is 14.9. The number of amides is 1. The molecule has 106 valence electrons. The first-order valence-corrected chi connectivity index (χ1v) is 8.25. The van der Waals surface area contributed by atoms with Gasteiger partial charge in [-0.2, -0.15) is 0 Å². The van der Waals surface area contributed by atoms with Crippen molar-refractivity contribution in [2.75, 3.05) is 4.90 Å². The molecule has 2 aromatic carbocycles. The minimum absolute atomic E-state index is 0.414. The van der Waals surface area contributed by atoms with Crippen molar-refractivity contribution in [2.45, 2.75) is 13.5 Å². The molecule has 3 nitrogen and oxygen atoms in total. The Morgan fingerprint density at radius 3 is 2.48 bits per heavy atom. The molecule has 0 fully saturated rings. The van der Waals surface area contributed by atoms with E-state index < -0.39 is 11.7 Å². The number of ketones is 1. The fourth-order valence-corrected chi connectivity index (χ4v) is 3.46. The minimum atomic E-state index is -0.454. The number of nitrogens with zero attached hydrogens (tertiary/aromatic N) is 1. The Hall–Kier alpha value is -1.21. The van der Waals surface area contributed by atoms with Crippen molar-refractivity contribution in [1.29, 1.82) is 0 Å². The van der Waals surface area contributed by atoms with E-state index in [4.69, 9.17) is 0 Å². The van der Waals surface area contributed by atoms with Crippen LogP contribution in [-0.2, 0) is 11.3 Å². The average molecular weight is 456 g/mol. The Bertz CT molecular complexity index is 756. The molecule has 0 saturated carbocycles. The molecule has 1 heterocycles. The number of rotatable bonds is 2. The van der Waals surface area contributed by atoms with Gasteiger partial charge in [0.1, 0.15) is 0 Å². The number of carbonyl (C=O) groups is 2. The Kier molecular flexibility index (Phi) is 3.88. The van der Waals surface area contributed by atoms with Gasteiger partial charge in [0, 0.05) is 8.04 Å². The summed E-state index contributed by atoms with van der Waals surface area (Å²) < 4.78 is 1.96. The monoisotopic (exact) mass is 455 g/mol. The zero-order valence-electron chi connectivity index (χ0n) is 11.2. The molecule has 0 aliphatic carbocycles. The van der Waals surface area contributed by atoms with Crippen molar-refractivity contribution in [3.05, 3.63) is 61.1 Å². The molecule has 5 heteroatoms. The Morgan fingerprint density at radius 1 is 1.14 bits per heavy atom. The molecule has 1 amide bonds. The first kappa shape index (κ1) is 14.7. The standard InChI is InChI=1S/C16H11BrINO2/c1-9-6-11(17)7-13-14(9)19(16(21)15(13)20)8-10-2-4-12(18)5-3-10/h2-7H,8H2,1H3. The molecule has 0 saturated heterocycles. The van der Waals surface area contributed by atoms with Crippen LogP contribution < -0.4 is 4.90 Å². The molecule has 0 radical (unpaired) electrons. The highest BCUT2D eigenvalue weighted by atomic mass is 127. The number of hydrogen-bond acceptors (Lipinski definition) is 2. The number of carbonyl (C=O) groups excluding carboxylic acids is 2. The topological polar surface area (TPSA) is 37.4 Å². The van der Waals surface area contributed by atoms with Crippen LogP contribution in [0.5, 0.6) is 0 Å². The lowest BCUT2D eigenvalue weighted by molar-refractivity contribution is -0.114. The Labute approximate surface area is 144 Å². The van der Waals surface area contributed by atoms with Crippen molar-refractivity contribution in [1.82, 2.24) is 0 Å². The van der Waals surface area contributed by atoms with Gasteiger partial charge >= 0.3 is 0 Å². The molecular weight excluding hydrogens is 445 g/mol. The summed E-state index contributed by atoms with van der Waals surface area (Å²) in [6, 6.07) is 11.6. The number of hydrogen-bond donors (Lipinski definition) is 0. The van der Waals surface area contributed by atoms with E-state index in [0.717, 1.165) is 24.9 Å². The maximum absolute atomic E-state index is 12.3. The van der Waals surface area contributed by atoms with E-state index in [0.29, 0.717) is 12.1 Å². The summed E-state index contributed by atoms with van der Waals surface area (Å²) in [5.74, 6) is -0.885. The molecule has 0 spiro atoms. The first-order chi connectivity index (χ1) is 9.97. The van der Waals surface area contributed by atoms with Crippen LogP contribution in [0, 0.1) is 10.5 Å². The zero-order chi connectivity index (χ0) is 15.1. The van der Waals surface area contributed by atoms with Gasteiger partial charge in [-0.05, 0) is 64.9 Å². The quantitative estimate of drug-likeness (QED) is 0.505. The van der Waals surface area contributed by atoms with E-state index in [1.807, 2.05) is 37.3 Å². The third-order valence-corrected chi connectivity index (χ3v) is 4.65. The van der Waals surface area contributed by atoms with Crippen LogP contribution in [0.3, 0.4) is 0 Å². The smallest absolute Gasteiger partial charge is 0.299 e. The van der Waals surface area contributed by atoms with Gasteiger partial charge in [-0.15, -0.1) is 0 Å². The number of fused-ring (bicyclic) bond motifs is 1. The minimum Gasteiger partial charge on any atom is -0.300 e. The van der Waals surface area contributed by atoms with Crippen LogP contribution in [0.4, 0.5) is 5.69 Å². The molecule has 0 bridgehead atoms. The SMILES string of the molecule is Cc1cc(Br)cc2c1N(Cc1ccc(I)cc1)C(=O)C2=O. The van der Waals surface area contributed by atoms with E-state index in [9.17, 15) is 9.59 Å². The molecule has 21 heavy (non-hydrogen) atoms. The van der Waals surface area contributed by atoms with Crippen LogP contribution in [-0.4, -0.2) is 11.7 Å². The molecule has 0 N–H and O–H groups in total. The summed E-state index contributed by atoms with van der Waals surface area (Å²) in [6.07, 6.45) is 0. The third kappa shape index (κ3) is 2.64. The molecule has 0 unspecified atom stereocenters. The van der Waals surface area contributed by atoms with Crippen LogP contribution in [0.2, 0.25) is 0 Å². The molecule has 1 aliphatic heterocycles. The van der Waals surface area contributed by atoms with Gasteiger partial charge in [0.15, 0.2) is 0 Å². The lowest BCUT2D eigenvalue weighted by Gasteiger charge is -2.18. The van der Waals surface area contributed by atoms with Crippen molar-refractivity contribution in [3.63, 3.8) is 0 Å². The fourth-order valence-electron chi connectivity index (χ4n) is 2.53. The molecule has 2 aromatic rings. The molecular formula is C16H11BrINO2. The number of benzene rings is 2. The number of aryl methyl sites for hydroxylation is 1. The second kappa shape index (κ2) is 5.53. The van der Waals surface area contributed by atoms with Gasteiger partial charge in [0.05, 0.1) is 17.8 Å². The number of anilines is 1. The normalized spacial score (nSPS) is 13.8. The molecule has 3 rings (SSSR count). The van der Waals surface area contributed by atoms with Crippen LogP contribution in [0.1, 0.15) is 21.5 Å². The largest absolute Gasteiger partial charge is 0.300 e. The highest BCUT2D eigenvalue weighted by Gasteiger charge is 2.37. The fraction of sp³-hybridized carbons (Fsp3) is 0.125. The van der Waals surface area contributed by atoms with Crippen LogP contribution in [0.15, 0.2) is 40.9 Å². The van der Waals surface area contributed by atoms with Crippen molar-refractivity contribution in [2.24, 2.45) is 0 Å². The van der Waals surface area contributed by atoms with Gasteiger partial charge < -0.3 is 4.90 Å². The average Bonchev–Trinajstić information content (AvgIpc) is 2.67. The predicted octanol–water partition coefficient (Wildman–Crippen LogP) is 4.09. The van der Waals surface area contributed by atoms with E-state index in [1.165, 1.54) is 0 Å². The van der Waals surface area contributed by atoms with E-state index in [-0.39, 0.29) is 0 Å². The summed E-state index contributed by atoms with van der Waals surface area (Å²) >= 11 is 5.61. The Morgan fingerprint density at radius 2 is 1.81 bits per heavy atom. The lowest BCUT2D eigenvalue weighted by atomic mass is 10.1. The van der Waals surface area contributed by atoms with Crippen molar-refractivity contribution >= 4 is 55.9 Å². The Balaban J connectivity index is 2.03. The van der Waals surface area contributed by atoms with Crippen molar-refractivity contribution < 1.29 is 9.59 Å². The van der Waals surface area contributed by atoms with Gasteiger partial charge in [-0.3, -0.25) is 9.59 Å². The van der Waals surface area contributed by atoms with Crippen LogP contribution >= 0.6 is 38.5 Å². The highest BCUT2D eigenvalue weighted by molar-refractivity contribution is 14.1. The second-order valence-corrected chi connectivity index (χ2v) is 7.13. The number of Topliss-reactive ketones (excluding diaryl/α,β-unsaturated/α-hetero) is 1.